The number of aromatic nitrogens is 9. The Hall–Kier alpha value is -11.3. The van der Waals surface area contributed by atoms with Crippen LogP contribution < -0.4 is 37.6 Å². The van der Waals surface area contributed by atoms with Crippen LogP contribution in [0.1, 0.15) is 120 Å². The van der Waals surface area contributed by atoms with Crippen molar-refractivity contribution in [1.82, 2.24) is 88.1 Å². The number of anilines is 3. The van der Waals surface area contributed by atoms with Crippen LogP contribution >= 0.6 is 0 Å². The van der Waals surface area contributed by atoms with Gasteiger partial charge in [0.15, 0.2) is 0 Å². The molecule has 18 rings (SSSR count). The van der Waals surface area contributed by atoms with Gasteiger partial charge >= 0.3 is 5.97 Å². The summed E-state index contributed by atoms with van der Waals surface area (Å²) < 4.78 is 12.5. The number of para-hydroxylation sites is 6. The number of carboxylic acid groups (broad SMARTS) is 1. The smallest absolute Gasteiger partial charge is 0.335 e. The summed E-state index contributed by atoms with van der Waals surface area (Å²) in [6.45, 7) is 15.7. The van der Waals surface area contributed by atoms with E-state index in [9.17, 15) is 33.9 Å². The van der Waals surface area contributed by atoms with Crippen LogP contribution in [-0.4, -0.2) is 242 Å². The third-order valence-electron chi connectivity index (χ3n) is 24.7. The fourth-order valence-corrected chi connectivity index (χ4v) is 17.8. The van der Waals surface area contributed by atoms with Crippen LogP contribution in [0.4, 0.5) is 17.8 Å². The molecule has 117 heavy (non-hydrogen) atoms. The molecule has 6 aliphatic rings. The molecule has 5 amide bonds. The zero-order chi connectivity index (χ0) is 81.9. The first kappa shape index (κ1) is 80.9. The Balaban J connectivity index is 0.000000128. The second-order valence-electron chi connectivity index (χ2n) is 34.0. The molecule has 0 radical (unpaired) electrons. The fraction of sp³-hybridized carbons (Fsp3) is 0.427. The fourth-order valence-electron chi connectivity index (χ4n) is 17.8. The molecule has 0 bridgehead atoms. The number of rotatable bonds is 17. The van der Waals surface area contributed by atoms with Gasteiger partial charge < -0.3 is 84.0 Å². The average Bonchev–Trinajstić information content (AvgIpc) is 1.61. The van der Waals surface area contributed by atoms with E-state index >= 15 is 0 Å². The third kappa shape index (κ3) is 17.7. The van der Waals surface area contributed by atoms with Crippen molar-refractivity contribution in [3.8, 4) is 0 Å². The minimum absolute atomic E-state index is 0.0216. The Morgan fingerprint density at radius 2 is 0.769 bits per heavy atom. The minimum Gasteiger partial charge on any atom is -0.478 e. The summed E-state index contributed by atoms with van der Waals surface area (Å²) in [4.78, 5) is 102. The molecule has 0 unspecified atom stereocenters. The van der Waals surface area contributed by atoms with Gasteiger partial charge in [-0.3, -0.25) is 34.6 Å². The number of aryl methyl sites for hydroxylation is 3. The highest BCUT2D eigenvalue weighted by Crippen LogP contribution is 2.41. The van der Waals surface area contributed by atoms with Crippen molar-refractivity contribution in [2.24, 2.45) is 16.2 Å². The van der Waals surface area contributed by atoms with E-state index < -0.39 is 5.97 Å². The molecule has 28 nitrogen and oxygen atoms in total. The lowest BCUT2D eigenvalue weighted by Crippen LogP contribution is -2.45. The minimum atomic E-state index is -0.945. The van der Waals surface area contributed by atoms with Gasteiger partial charge in [-0.1, -0.05) is 54.6 Å². The summed E-state index contributed by atoms with van der Waals surface area (Å²) in [6.07, 6.45) is 9.11. The number of hydrogen-bond acceptors (Lipinski definition) is 16. The highest BCUT2D eigenvalue weighted by atomic mass is 16.4. The van der Waals surface area contributed by atoms with Crippen molar-refractivity contribution in [3.05, 3.63) is 179 Å². The van der Waals surface area contributed by atoms with E-state index in [1.54, 1.807) is 18.2 Å². The van der Waals surface area contributed by atoms with E-state index in [1.165, 1.54) is 0 Å². The number of nitrogen functional groups attached to an aromatic ring is 1. The van der Waals surface area contributed by atoms with Crippen molar-refractivity contribution in [2.75, 3.05) is 151 Å². The normalized spacial score (nSPS) is 17.2. The van der Waals surface area contributed by atoms with Gasteiger partial charge in [-0.15, -0.1) is 0 Å². The van der Waals surface area contributed by atoms with Crippen LogP contribution in [-0.2, 0) is 39.3 Å². The number of carbonyl (C=O) groups is 6. The zero-order valence-corrected chi connectivity index (χ0v) is 68.7. The molecule has 3 saturated heterocycles. The molecule has 9 N–H and O–H groups in total. The molecular weight excluding hydrogens is 1480 g/mol. The second-order valence-corrected chi connectivity index (χ2v) is 34.0. The summed E-state index contributed by atoms with van der Waals surface area (Å²) in [5.41, 5.74) is 17.8. The van der Waals surface area contributed by atoms with Gasteiger partial charge in [-0.2, -0.15) is 0 Å². The van der Waals surface area contributed by atoms with Gasteiger partial charge in [0.2, 0.25) is 17.8 Å². The van der Waals surface area contributed by atoms with Crippen LogP contribution in [0.15, 0.2) is 146 Å². The number of carbonyl (C=O) groups excluding carboxylic acids is 5. The van der Waals surface area contributed by atoms with Crippen molar-refractivity contribution in [1.29, 1.82) is 0 Å². The Morgan fingerprint density at radius 1 is 0.436 bits per heavy atom. The van der Waals surface area contributed by atoms with Crippen LogP contribution in [0.3, 0.4) is 0 Å². The standard InChI is InChI=1S/C30H37N7O2.C29H35N7O2.C18H21N3O3.C12H18N4/c1-34(2)13-6-14-36-24-8-5-4-7-23(24)32-29(36)33-27(38)22-10-9-21-17-26-28(39)31-19-30(11-15-35(3)16-12-30)20-37(26)25(21)18-22;1-34(2)14-5-15-35-23-7-4-3-6-22(23)32-28(35)33-26(37)21-9-8-20-16-25-27(38)31-18-29(10-12-30-13-11-29)19-36(25)24(20)17-21;1-20-6-4-18(5-7-20)10-19-16(22)15-8-12-2-3-13(17(23)24)9-14(12)21(15)11-18;1-15(2)8-5-9-16-11-7-4-3-6-10(11)14-12(16)13/h4-5,7-10,17-18H,6,11-16,19-20H2,1-3H3,(H,31,39)(H,32,33,38);3-4,6-9,16-17,30H,5,10-15,18-19H2,1-2H3,(H,31,38)(H,32,33,37);2-3,8-9H,4-7,10-11H2,1H3,(H,19,22)(H,23,24);3-4,6-7H,5,8-9H2,1-2H3,(H2,13,14). The van der Waals surface area contributed by atoms with Crippen molar-refractivity contribution in [3.63, 3.8) is 0 Å². The Kier molecular flexibility index (Phi) is 23.9. The summed E-state index contributed by atoms with van der Waals surface area (Å²) >= 11 is 0. The summed E-state index contributed by atoms with van der Waals surface area (Å²) in [5.74, 6) is 0.201. The van der Waals surface area contributed by atoms with Gasteiger partial charge in [0.05, 0.1) is 38.7 Å². The average molecular weight is 1590 g/mol. The maximum absolute atomic E-state index is 13.6. The Labute approximate surface area is 681 Å². The Bertz CT molecular complexity index is 5670. The van der Waals surface area contributed by atoms with Gasteiger partial charge in [0, 0.05) is 119 Å². The van der Waals surface area contributed by atoms with Crippen molar-refractivity contribution < 1.29 is 33.9 Å². The van der Waals surface area contributed by atoms with Crippen LogP contribution in [0, 0.1) is 16.2 Å². The first-order chi connectivity index (χ1) is 56.4. The van der Waals surface area contributed by atoms with E-state index in [0.717, 1.165) is 222 Å². The lowest BCUT2D eigenvalue weighted by molar-refractivity contribution is 0.0695. The molecule has 3 fully saturated rings. The predicted octanol–water partition coefficient (Wildman–Crippen LogP) is 10.3. The molecule has 3 spiro atoms. The number of benzene rings is 6. The molecule has 6 aliphatic heterocycles. The Morgan fingerprint density at radius 3 is 1.15 bits per heavy atom. The highest BCUT2D eigenvalue weighted by molar-refractivity contribution is 6.09. The third-order valence-corrected chi connectivity index (χ3v) is 24.7. The number of amides is 5. The van der Waals surface area contributed by atoms with Crippen LogP contribution in [0.25, 0.3) is 65.8 Å². The number of hydrogen-bond donors (Lipinski definition) is 8. The van der Waals surface area contributed by atoms with Gasteiger partial charge in [-0.25, -0.2) is 19.7 Å². The van der Waals surface area contributed by atoms with Crippen LogP contribution in [0.5, 0.6) is 0 Å². The molecule has 614 valence electrons. The number of imidazole rings is 3. The lowest BCUT2D eigenvalue weighted by Gasteiger charge is -2.40. The van der Waals surface area contributed by atoms with E-state index in [1.807, 2.05) is 126 Å². The highest BCUT2D eigenvalue weighted by Gasteiger charge is 2.41. The molecule has 0 aliphatic carbocycles. The number of carboxylic acids is 1. The number of aromatic carboxylic acids is 1. The van der Waals surface area contributed by atoms with E-state index in [2.05, 4.69) is 147 Å². The number of piperidine rings is 3. The number of likely N-dealkylation sites (tertiary alicyclic amines) is 2. The molecule has 0 atom stereocenters. The predicted molar refractivity (Wildman–Crippen MR) is 462 cm³/mol. The van der Waals surface area contributed by atoms with E-state index in [-0.39, 0.29) is 51.3 Å². The van der Waals surface area contributed by atoms with E-state index in [4.69, 9.17) is 15.7 Å². The van der Waals surface area contributed by atoms with Gasteiger partial charge in [0.1, 0.15) is 17.1 Å². The molecule has 28 heteroatoms. The monoisotopic (exact) mass is 1590 g/mol. The number of nitrogens with one attached hydrogen (secondary N) is 6. The first-order valence-electron chi connectivity index (χ1n) is 41.1. The number of nitrogens with zero attached hydrogens (tertiary/aromatic N) is 14. The number of nitrogens with two attached hydrogens (primary N) is 1. The maximum Gasteiger partial charge on any atom is 0.335 e. The SMILES string of the molecule is CN(C)CCCn1c(N)nc2ccccc21.CN(C)CCCn1c(NC(=O)c2ccc3cc4n(c3c2)CC2(CCN(C)CC2)CNC4=O)nc2ccccc21.CN(C)CCCn1c(NC(=O)c2ccc3cc4n(c3c2)CC2(CCNCC2)CNC4=O)nc2ccccc21.CN1CCC2(CC1)CNC(=O)c1cc3ccc(C(=O)O)cc3n1C2. The van der Waals surface area contributed by atoms with Gasteiger partial charge in [-0.05, 0) is 264 Å². The van der Waals surface area contributed by atoms with Crippen molar-refractivity contribution in [2.45, 2.75) is 97.1 Å². The topological polar surface area (TPSA) is 305 Å². The van der Waals surface area contributed by atoms with E-state index in [0.29, 0.717) is 65.7 Å². The van der Waals surface area contributed by atoms with Crippen LogP contribution in [0.2, 0.25) is 0 Å². The summed E-state index contributed by atoms with van der Waals surface area (Å²) in [5, 5.41) is 31.1. The van der Waals surface area contributed by atoms with Gasteiger partial charge in [0.25, 0.3) is 29.5 Å². The maximum atomic E-state index is 13.6. The quantitative estimate of drug-likeness (QED) is 0.0420. The molecule has 6 aromatic carbocycles. The van der Waals surface area contributed by atoms with Crippen molar-refractivity contribution >= 4 is 119 Å². The largest absolute Gasteiger partial charge is 0.478 e. The molecular formula is C89H111N21O7. The lowest BCUT2D eigenvalue weighted by atomic mass is 9.78. The zero-order valence-electron chi connectivity index (χ0n) is 68.7. The molecule has 6 aromatic heterocycles. The summed E-state index contributed by atoms with van der Waals surface area (Å²) in [7, 11) is 16.7. The second kappa shape index (κ2) is 34.5. The molecule has 0 saturated carbocycles. The first-order valence-corrected chi connectivity index (χ1v) is 41.1. The molecule has 12 aromatic rings. The summed E-state index contributed by atoms with van der Waals surface area (Å²) in [6, 6.07) is 46.2. The number of fused-ring (bicyclic) bond motifs is 12. The molecule has 12 heterocycles.